The van der Waals surface area contributed by atoms with Crippen LogP contribution < -0.4 is 10.6 Å². The number of carbonyl (C=O) groups is 1. The van der Waals surface area contributed by atoms with E-state index in [0.717, 1.165) is 13.1 Å². The molecule has 2 rings (SSSR count). The van der Waals surface area contributed by atoms with Gasteiger partial charge in [-0.15, -0.1) is 0 Å². The summed E-state index contributed by atoms with van der Waals surface area (Å²) < 4.78 is 18.0. The van der Waals surface area contributed by atoms with Crippen molar-refractivity contribution in [2.75, 3.05) is 44.7 Å². The minimum Gasteiger partial charge on any atom is -0.390 e. The molecule has 1 aliphatic heterocycles. The highest BCUT2D eigenvalue weighted by Gasteiger charge is 2.15. The van der Waals surface area contributed by atoms with Crippen molar-refractivity contribution in [1.82, 2.24) is 10.2 Å². The minimum atomic E-state index is -0.637. The largest absolute Gasteiger partial charge is 0.390 e. The van der Waals surface area contributed by atoms with Crippen LogP contribution in [0.4, 0.5) is 14.9 Å². The van der Waals surface area contributed by atoms with Crippen molar-refractivity contribution in [3.63, 3.8) is 0 Å². The number of urea groups is 1. The Labute approximate surface area is 122 Å². The molecule has 1 saturated heterocycles. The number of hydrogen-bond acceptors (Lipinski definition) is 4. The van der Waals surface area contributed by atoms with E-state index in [1.54, 1.807) is 0 Å². The van der Waals surface area contributed by atoms with Gasteiger partial charge in [-0.2, -0.15) is 0 Å². The molecule has 7 heteroatoms. The third kappa shape index (κ3) is 5.66. The number of halogens is 1. The number of nitrogens with zero attached hydrogens (tertiary/aromatic N) is 1. The van der Waals surface area contributed by atoms with Gasteiger partial charge in [0.25, 0.3) is 0 Å². The highest BCUT2D eigenvalue weighted by atomic mass is 19.1. The fourth-order valence-corrected chi connectivity index (χ4v) is 2.07. The van der Waals surface area contributed by atoms with Crippen molar-refractivity contribution < 1.29 is 19.0 Å². The Morgan fingerprint density at radius 2 is 2.00 bits per heavy atom. The van der Waals surface area contributed by atoms with E-state index in [1.807, 2.05) is 0 Å². The first-order valence-electron chi connectivity index (χ1n) is 6.92. The number of nitrogens with one attached hydrogen (secondary N) is 2. The lowest BCUT2D eigenvalue weighted by molar-refractivity contribution is 0.0154. The average Bonchev–Trinajstić information content (AvgIpc) is 2.49. The van der Waals surface area contributed by atoms with Crippen molar-refractivity contribution in [1.29, 1.82) is 0 Å². The van der Waals surface area contributed by atoms with Gasteiger partial charge < -0.3 is 20.5 Å². The molecule has 1 fully saturated rings. The van der Waals surface area contributed by atoms with Gasteiger partial charge in [-0.3, -0.25) is 4.90 Å². The summed E-state index contributed by atoms with van der Waals surface area (Å²) >= 11 is 0. The number of β-amino-alcohol motifs (C(OH)–C–C–N with tert-alkyl or cyclic N) is 1. The van der Waals surface area contributed by atoms with Gasteiger partial charge in [0.15, 0.2) is 0 Å². The van der Waals surface area contributed by atoms with Crippen LogP contribution in [0.2, 0.25) is 0 Å². The molecule has 1 aliphatic rings. The molecule has 1 aromatic carbocycles. The van der Waals surface area contributed by atoms with Crippen molar-refractivity contribution in [3.05, 3.63) is 30.1 Å². The highest BCUT2D eigenvalue weighted by Crippen LogP contribution is 2.07. The molecule has 0 saturated carbocycles. The molecule has 6 nitrogen and oxygen atoms in total. The lowest BCUT2D eigenvalue weighted by atomic mass is 10.3. The van der Waals surface area contributed by atoms with Crippen LogP contribution in [0.3, 0.4) is 0 Å². The summed E-state index contributed by atoms with van der Waals surface area (Å²) in [6, 6.07) is 5.05. The third-order valence-electron chi connectivity index (χ3n) is 3.17. The van der Waals surface area contributed by atoms with Gasteiger partial charge >= 0.3 is 6.03 Å². The minimum absolute atomic E-state index is 0.157. The Morgan fingerprint density at radius 1 is 1.33 bits per heavy atom. The van der Waals surface area contributed by atoms with Gasteiger partial charge in [0.1, 0.15) is 5.82 Å². The van der Waals surface area contributed by atoms with Crippen molar-refractivity contribution >= 4 is 11.7 Å². The smallest absolute Gasteiger partial charge is 0.319 e. The molecule has 116 valence electrons. The van der Waals surface area contributed by atoms with Crippen LogP contribution in [0.15, 0.2) is 24.3 Å². The molecule has 0 aliphatic carbocycles. The number of ether oxygens (including phenoxy) is 1. The Bertz CT molecular complexity index is 449. The fraction of sp³-hybridized carbons (Fsp3) is 0.500. The number of aliphatic hydroxyl groups excluding tert-OH is 1. The molecule has 2 amide bonds. The maximum absolute atomic E-state index is 12.7. The maximum atomic E-state index is 12.7. The summed E-state index contributed by atoms with van der Waals surface area (Å²) in [5, 5.41) is 15.0. The van der Waals surface area contributed by atoms with E-state index in [-0.39, 0.29) is 12.4 Å². The number of amides is 2. The molecule has 0 bridgehead atoms. The molecule has 0 radical (unpaired) electrons. The second kappa shape index (κ2) is 7.92. The van der Waals surface area contributed by atoms with E-state index < -0.39 is 12.1 Å². The lowest BCUT2D eigenvalue weighted by Gasteiger charge is -2.28. The Kier molecular flexibility index (Phi) is 5.91. The zero-order valence-electron chi connectivity index (χ0n) is 11.7. The number of morpholine rings is 1. The van der Waals surface area contributed by atoms with E-state index in [9.17, 15) is 14.3 Å². The van der Waals surface area contributed by atoms with Gasteiger partial charge in [-0.1, -0.05) is 0 Å². The molecule has 0 aromatic heterocycles. The molecule has 1 aromatic rings. The van der Waals surface area contributed by atoms with Crippen LogP contribution in [0.25, 0.3) is 0 Å². The van der Waals surface area contributed by atoms with E-state index in [0.29, 0.717) is 25.4 Å². The summed E-state index contributed by atoms with van der Waals surface area (Å²) in [6.07, 6.45) is -0.637. The Hall–Kier alpha value is -1.70. The van der Waals surface area contributed by atoms with Gasteiger partial charge in [-0.05, 0) is 24.3 Å². The van der Waals surface area contributed by atoms with Gasteiger partial charge in [0, 0.05) is 31.9 Å². The zero-order valence-corrected chi connectivity index (χ0v) is 11.7. The van der Waals surface area contributed by atoms with Crippen molar-refractivity contribution in [2.24, 2.45) is 0 Å². The quantitative estimate of drug-likeness (QED) is 0.746. The monoisotopic (exact) mass is 297 g/mol. The van der Waals surface area contributed by atoms with E-state index >= 15 is 0 Å². The first kappa shape index (κ1) is 15.7. The molecule has 0 spiro atoms. The third-order valence-corrected chi connectivity index (χ3v) is 3.17. The predicted molar refractivity (Wildman–Crippen MR) is 76.7 cm³/mol. The Balaban J connectivity index is 1.66. The van der Waals surface area contributed by atoms with Crippen LogP contribution in [0.5, 0.6) is 0 Å². The summed E-state index contributed by atoms with van der Waals surface area (Å²) in [6.45, 7) is 3.58. The SMILES string of the molecule is O=C(NCC(O)CN1CCOCC1)Nc1ccc(F)cc1. The number of anilines is 1. The van der Waals surface area contributed by atoms with Crippen LogP contribution in [-0.2, 0) is 4.74 Å². The van der Waals surface area contributed by atoms with Crippen molar-refractivity contribution in [3.8, 4) is 0 Å². The normalized spacial score (nSPS) is 17.2. The van der Waals surface area contributed by atoms with Gasteiger partial charge in [-0.25, -0.2) is 9.18 Å². The topological polar surface area (TPSA) is 73.8 Å². The second-order valence-corrected chi connectivity index (χ2v) is 4.91. The number of rotatable bonds is 5. The van der Waals surface area contributed by atoms with Gasteiger partial charge in [0.05, 0.1) is 19.3 Å². The molecular weight excluding hydrogens is 277 g/mol. The summed E-state index contributed by atoms with van der Waals surface area (Å²) in [5.41, 5.74) is 0.497. The average molecular weight is 297 g/mol. The lowest BCUT2D eigenvalue weighted by Crippen LogP contribution is -2.45. The van der Waals surface area contributed by atoms with Gasteiger partial charge in [0.2, 0.25) is 0 Å². The molecule has 3 N–H and O–H groups in total. The maximum Gasteiger partial charge on any atom is 0.319 e. The number of hydrogen-bond donors (Lipinski definition) is 3. The van der Waals surface area contributed by atoms with Crippen LogP contribution >= 0.6 is 0 Å². The molecular formula is C14H20FN3O3. The summed E-state index contributed by atoms with van der Waals surface area (Å²) in [7, 11) is 0. The molecule has 21 heavy (non-hydrogen) atoms. The fourth-order valence-electron chi connectivity index (χ4n) is 2.07. The number of aliphatic hydroxyl groups is 1. The van der Waals surface area contributed by atoms with Crippen LogP contribution in [0, 0.1) is 5.82 Å². The first-order valence-corrected chi connectivity index (χ1v) is 6.92. The summed E-state index contributed by atoms with van der Waals surface area (Å²) in [5.74, 6) is -0.359. The first-order chi connectivity index (χ1) is 10.1. The van der Waals surface area contributed by atoms with E-state index in [1.165, 1.54) is 24.3 Å². The van der Waals surface area contributed by atoms with Crippen molar-refractivity contribution in [2.45, 2.75) is 6.10 Å². The standard InChI is InChI=1S/C14H20FN3O3/c15-11-1-3-12(4-2-11)17-14(20)16-9-13(19)10-18-5-7-21-8-6-18/h1-4,13,19H,5-10H2,(H2,16,17,20). The number of carbonyl (C=O) groups excluding carboxylic acids is 1. The predicted octanol–water partition coefficient (Wildman–Crippen LogP) is 0.640. The van der Waals surface area contributed by atoms with Crippen LogP contribution in [0.1, 0.15) is 0 Å². The summed E-state index contributed by atoms with van der Waals surface area (Å²) in [4.78, 5) is 13.7. The Morgan fingerprint density at radius 3 is 2.67 bits per heavy atom. The second-order valence-electron chi connectivity index (χ2n) is 4.91. The van der Waals surface area contributed by atoms with E-state index in [2.05, 4.69) is 15.5 Å². The molecule has 1 unspecified atom stereocenters. The number of benzene rings is 1. The van der Waals surface area contributed by atoms with Crippen LogP contribution in [-0.4, -0.2) is 61.5 Å². The highest BCUT2D eigenvalue weighted by molar-refractivity contribution is 5.89. The molecule has 1 atom stereocenters. The van der Waals surface area contributed by atoms with E-state index in [4.69, 9.17) is 4.74 Å². The zero-order chi connectivity index (χ0) is 15.1. The molecule has 1 heterocycles.